The molecule has 6 nitrogen and oxygen atoms in total. The highest BCUT2D eigenvalue weighted by Crippen LogP contribution is 2.24. The van der Waals surface area contributed by atoms with E-state index in [1.807, 2.05) is 58.9 Å². The number of carbonyl (C=O) groups is 1. The summed E-state index contributed by atoms with van der Waals surface area (Å²) in [6, 6.07) is 7.97. The number of hydrogen-bond donors (Lipinski definition) is 3. The molecule has 1 amide bonds. The van der Waals surface area contributed by atoms with Gasteiger partial charge in [0.1, 0.15) is 17.9 Å². The summed E-state index contributed by atoms with van der Waals surface area (Å²) in [5.74, 6) is 1.35. The fourth-order valence-corrected chi connectivity index (χ4v) is 2.51. The molecule has 0 unspecified atom stereocenters. The molecule has 1 aromatic carbocycles. The molecule has 0 bridgehead atoms. The number of carbonyl (C=O) groups excluding carboxylic acids is 1. The summed E-state index contributed by atoms with van der Waals surface area (Å²) in [6.45, 7) is 11.2. The topological polar surface area (TPSA) is 78.7 Å². The number of rotatable bonds is 5. The van der Waals surface area contributed by atoms with Crippen LogP contribution in [0.25, 0.3) is 11.0 Å². The Hall–Kier alpha value is -1.77. The van der Waals surface area contributed by atoms with E-state index in [1.54, 1.807) is 0 Å². The summed E-state index contributed by atoms with van der Waals surface area (Å²) < 4.78 is 5.89. The molecule has 0 aliphatic carbocycles. The molecule has 0 aliphatic heterocycles. The largest absolute Gasteiger partial charge is 0.459 e. The molecule has 2 rings (SSSR count). The number of aliphatic imine (C=N–C) groups is 1. The SMILES string of the molecule is CCNC(=NCC(=O)NC(C)(C)C)NCc1oc2ccccc2c1C.I. The maximum atomic E-state index is 11.9. The first kappa shape index (κ1) is 22.3. The molecule has 1 heterocycles. The highest BCUT2D eigenvalue weighted by atomic mass is 127. The Labute approximate surface area is 172 Å². The number of benzene rings is 1. The van der Waals surface area contributed by atoms with E-state index in [2.05, 4.69) is 20.9 Å². The lowest BCUT2D eigenvalue weighted by molar-refractivity contribution is -0.121. The number of halogens is 1. The zero-order valence-corrected chi connectivity index (χ0v) is 18.4. The molecule has 0 saturated carbocycles. The van der Waals surface area contributed by atoms with Crippen molar-refractivity contribution in [1.82, 2.24) is 16.0 Å². The van der Waals surface area contributed by atoms with Crippen molar-refractivity contribution in [1.29, 1.82) is 0 Å². The number of furan rings is 1. The Kier molecular flexibility index (Phi) is 8.39. The lowest BCUT2D eigenvalue weighted by atomic mass is 10.1. The summed E-state index contributed by atoms with van der Waals surface area (Å²) in [5.41, 5.74) is 1.73. The maximum absolute atomic E-state index is 11.9. The monoisotopic (exact) mass is 472 g/mol. The van der Waals surface area contributed by atoms with Crippen molar-refractivity contribution in [3.8, 4) is 0 Å². The third-order valence-electron chi connectivity index (χ3n) is 3.60. The van der Waals surface area contributed by atoms with Crippen molar-refractivity contribution in [3.63, 3.8) is 0 Å². The summed E-state index contributed by atoms with van der Waals surface area (Å²) in [4.78, 5) is 16.3. The van der Waals surface area contributed by atoms with Gasteiger partial charge in [0.2, 0.25) is 5.91 Å². The molecule has 0 aliphatic rings. The predicted molar refractivity (Wildman–Crippen MR) is 117 cm³/mol. The van der Waals surface area contributed by atoms with Gasteiger partial charge in [0.05, 0.1) is 6.54 Å². The van der Waals surface area contributed by atoms with E-state index in [9.17, 15) is 4.79 Å². The molecule has 26 heavy (non-hydrogen) atoms. The van der Waals surface area contributed by atoms with Crippen LogP contribution in [0.5, 0.6) is 0 Å². The molecular weight excluding hydrogens is 443 g/mol. The molecule has 3 N–H and O–H groups in total. The van der Waals surface area contributed by atoms with Crippen molar-refractivity contribution in [2.75, 3.05) is 13.1 Å². The first-order chi connectivity index (χ1) is 11.8. The second-order valence-corrected chi connectivity index (χ2v) is 6.99. The van der Waals surface area contributed by atoms with Crippen LogP contribution in [-0.4, -0.2) is 30.5 Å². The van der Waals surface area contributed by atoms with Crippen LogP contribution >= 0.6 is 24.0 Å². The van der Waals surface area contributed by atoms with Gasteiger partial charge in [-0.3, -0.25) is 4.79 Å². The zero-order chi connectivity index (χ0) is 18.4. The molecule has 0 spiro atoms. The molecule has 0 saturated heterocycles. The molecule has 1 aromatic heterocycles. The second-order valence-electron chi connectivity index (χ2n) is 6.99. The van der Waals surface area contributed by atoms with Gasteiger partial charge in [-0.05, 0) is 40.7 Å². The Morgan fingerprint density at radius 3 is 2.50 bits per heavy atom. The minimum Gasteiger partial charge on any atom is -0.459 e. The van der Waals surface area contributed by atoms with Gasteiger partial charge in [0.25, 0.3) is 0 Å². The van der Waals surface area contributed by atoms with Crippen molar-refractivity contribution < 1.29 is 9.21 Å². The van der Waals surface area contributed by atoms with Crippen molar-refractivity contribution in [2.45, 2.75) is 46.7 Å². The standard InChI is InChI=1S/C19H28N4O2.HI/c1-6-20-18(22-12-17(24)23-19(3,4)5)21-11-16-13(2)14-9-7-8-10-15(14)25-16;/h7-10H,6,11-12H2,1-5H3,(H,23,24)(H2,20,21,22);1H. The normalized spacial score (nSPS) is 11.8. The van der Waals surface area contributed by atoms with Gasteiger partial charge < -0.3 is 20.4 Å². The Morgan fingerprint density at radius 1 is 1.19 bits per heavy atom. The highest BCUT2D eigenvalue weighted by molar-refractivity contribution is 14.0. The van der Waals surface area contributed by atoms with E-state index >= 15 is 0 Å². The third kappa shape index (κ3) is 6.51. The Bertz CT molecular complexity index is 762. The van der Waals surface area contributed by atoms with Gasteiger partial charge in [-0.25, -0.2) is 4.99 Å². The average Bonchev–Trinajstić information content (AvgIpc) is 2.85. The van der Waals surface area contributed by atoms with E-state index in [0.717, 1.165) is 22.3 Å². The van der Waals surface area contributed by atoms with Gasteiger partial charge >= 0.3 is 0 Å². The number of amides is 1. The fourth-order valence-electron chi connectivity index (χ4n) is 2.51. The minimum absolute atomic E-state index is 0. The molecule has 0 atom stereocenters. The van der Waals surface area contributed by atoms with Gasteiger partial charge in [-0.15, -0.1) is 24.0 Å². The number of nitrogens with zero attached hydrogens (tertiary/aromatic N) is 1. The van der Waals surface area contributed by atoms with Crippen LogP contribution in [0, 0.1) is 6.92 Å². The lowest BCUT2D eigenvalue weighted by Gasteiger charge is -2.20. The van der Waals surface area contributed by atoms with E-state index in [-0.39, 0.29) is 42.0 Å². The van der Waals surface area contributed by atoms with Crippen molar-refractivity contribution >= 4 is 46.8 Å². The predicted octanol–water partition coefficient (Wildman–Crippen LogP) is 3.33. The molecular formula is C19H29IN4O2. The van der Waals surface area contributed by atoms with Crippen LogP contribution in [0.15, 0.2) is 33.7 Å². The van der Waals surface area contributed by atoms with E-state index in [1.165, 1.54) is 0 Å². The van der Waals surface area contributed by atoms with Crippen LogP contribution in [0.3, 0.4) is 0 Å². The quantitative estimate of drug-likeness (QED) is 0.355. The molecule has 144 valence electrons. The molecule has 0 radical (unpaired) electrons. The third-order valence-corrected chi connectivity index (χ3v) is 3.60. The second kappa shape index (κ2) is 9.80. The molecule has 2 aromatic rings. The van der Waals surface area contributed by atoms with Crippen LogP contribution in [-0.2, 0) is 11.3 Å². The van der Waals surface area contributed by atoms with Gasteiger partial charge in [0.15, 0.2) is 5.96 Å². The first-order valence-electron chi connectivity index (χ1n) is 8.60. The van der Waals surface area contributed by atoms with Gasteiger partial charge in [-0.2, -0.15) is 0 Å². The zero-order valence-electron chi connectivity index (χ0n) is 16.1. The molecule has 0 fully saturated rings. The molecule has 7 heteroatoms. The Balaban J connectivity index is 0.00000338. The maximum Gasteiger partial charge on any atom is 0.242 e. The average molecular weight is 472 g/mol. The van der Waals surface area contributed by atoms with Crippen molar-refractivity contribution in [2.24, 2.45) is 4.99 Å². The number of para-hydroxylation sites is 1. The van der Waals surface area contributed by atoms with E-state index < -0.39 is 0 Å². The van der Waals surface area contributed by atoms with E-state index in [0.29, 0.717) is 19.0 Å². The van der Waals surface area contributed by atoms with Gasteiger partial charge in [0, 0.05) is 23.0 Å². The van der Waals surface area contributed by atoms with Crippen molar-refractivity contribution in [3.05, 3.63) is 35.6 Å². The smallest absolute Gasteiger partial charge is 0.242 e. The number of guanidine groups is 1. The highest BCUT2D eigenvalue weighted by Gasteiger charge is 2.14. The minimum atomic E-state index is -0.260. The lowest BCUT2D eigenvalue weighted by Crippen LogP contribution is -2.43. The number of nitrogens with one attached hydrogen (secondary N) is 3. The Morgan fingerprint density at radius 2 is 1.88 bits per heavy atom. The van der Waals surface area contributed by atoms with Gasteiger partial charge in [-0.1, -0.05) is 18.2 Å². The summed E-state index contributed by atoms with van der Waals surface area (Å²) in [7, 11) is 0. The van der Waals surface area contributed by atoms with Crippen LogP contribution in [0.1, 0.15) is 39.0 Å². The summed E-state index contributed by atoms with van der Waals surface area (Å²) in [5, 5.41) is 10.4. The first-order valence-corrected chi connectivity index (χ1v) is 8.60. The summed E-state index contributed by atoms with van der Waals surface area (Å²) >= 11 is 0. The fraction of sp³-hybridized carbons (Fsp3) is 0.474. The number of hydrogen-bond acceptors (Lipinski definition) is 3. The number of aryl methyl sites for hydroxylation is 1. The summed E-state index contributed by atoms with van der Waals surface area (Å²) in [6.07, 6.45) is 0. The van der Waals surface area contributed by atoms with Crippen LogP contribution in [0.4, 0.5) is 0 Å². The van der Waals surface area contributed by atoms with Crippen LogP contribution < -0.4 is 16.0 Å². The number of fused-ring (bicyclic) bond motifs is 1. The van der Waals surface area contributed by atoms with E-state index in [4.69, 9.17) is 4.42 Å². The van der Waals surface area contributed by atoms with Crippen LogP contribution in [0.2, 0.25) is 0 Å².